The second-order valence-corrected chi connectivity index (χ2v) is 6.79. The maximum Gasteiger partial charge on any atom is 0.253 e. The molecule has 0 spiro atoms. The molecule has 7 heteroatoms. The van der Waals surface area contributed by atoms with E-state index in [1.54, 1.807) is 11.9 Å². The third-order valence-corrected chi connectivity index (χ3v) is 4.75. The van der Waals surface area contributed by atoms with E-state index in [2.05, 4.69) is 5.32 Å². The predicted octanol–water partition coefficient (Wildman–Crippen LogP) is 0.228. The normalized spacial score (nSPS) is 11.7. The molecule has 0 heterocycles. The number of nitrogens with one attached hydrogen (secondary N) is 1. The van der Waals surface area contributed by atoms with Crippen LogP contribution in [0.25, 0.3) is 0 Å². The third-order valence-electron chi connectivity index (χ3n) is 2.92. The highest BCUT2D eigenvalue weighted by molar-refractivity contribution is 7.89. The van der Waals surface area contributed by atoms with Crippen molar-refractivity contribution in [1.29, 1.82) is 0 Å². The minimum Gasteiger partial charge on any atom is -0.340 e. The van der Waals surface area contributed by atoms with Crippen molar-refractivity contribution in [3.05, 3.63) is 29.8 Å². The van der Waals surface area contributed by atoms with Crippen molar-refractivity contribution in [1.82, 2.24) is 14.5 Å². The first-order valence-electron chi connectivity index (χ1n) is 6.23. The molecule has 0 aliphatic rings. The second-order valence-electron chi connectivity index (χ2n) is 4.64. The van der Waals surface area contributed by atoms with E-state index in [9.17, 15) is 13.2 Å². The zero-order chi connectivity index (χ0) is 15.3. The summed E-state index contributed by atoms with van der Waals surface area (Å²) in [6, 6.07) is 5.98. The summed E-state index contributed by atoms with van der Waals surface area (Å²) in [5, 5.41) is 2.97. The van der Waals surface area contributed by atoms with Gasteiger partial charge in [0.1, 0.15) is 0 Å². The summed E-state index contributed by atoms with van der Waals surface area (Å²) in [5.41, 5.74) is 0.473. The molecule has 0 unspecified atom stereocenters. The van der Waals surface area contributed by atoms with E-state index >= 15 is 0 Å². The molecule has 1 aromatic rings. The van der Waals surface area contributed by atoms with Gasteiger partial charge in [0.2, 0.25) is 10.0 Å². The van der Waals surface area contributed by atoms with Gasteiger partial charge in [0.15, 0.2) is 0 Å². The van der Waals surface area contributed by atoms with Crippen molar-refractivity contribution < 1.29 is 13.2 Å². The molecule has 1 amide bonds. The van der Waals surface area contributed by atoms with Gasteiger partial charge in [0, 0.05) is 39.8 Å². The Morgan fingerprint density at radius 3 is 2.15 bits per heavy atom. The third kappa shape index (κ3) is 3.78. The second kappa shape index (κ2) is 6.83. The van der Waals surface area contributed by atoms with Gasteiger partial charge in [0.05, 0.1) is 4.90 Å². The minimum atomic E-state index is -3.46. The van der Waals surface area contributed by atoms with Crippen molar-refractivity contribution in [2.75, 3.05) is 41.3 Å². The molecule has 0 saturated carbocycles. The Bertz CT molecular complexity index is 553. The highest BCUT2D eigenvalue weighted by Gasteiger charge is 2.18. The number of benzene rings is 1. The largest absolute Gasteiger partial charge is 0.340 e. The lowest BCUT2D eigenvalue weighted by atomic mass is 10.2. The summed E-state index contributed by atoms with van der Waals surface area (Å²) in [6.07, 6.45) is 0. The van der Waals surface area contributed by atoms with E-state index in [-0.39, 0.29) is 10.8 Å². The van der Waals surface area contributed by atoms with Gasteiger partial charge in [-0.1, -0.05) is 0 Å². The topological polar surface area (TPSA) is 69.7 Å². The number of amides is 1. The van der Waals surface area contributed by atoms with Gasteiger partial charge in [0.25, 0.3) is 5.91 Å². The fourth-order valence-electron chi connectivity index (χ4n) is 1.58. The summed E-state index contributed by atoms with van der Waals surface area (Å²) in [5.74, 6) is -0.131. The molecular formula is C13H21N3O3S. The highest BCUT2D eigenvalue weighted by Crippen LogP contribution is 2.14. The lowest BCUT2D eigenvalue weighted by molar-refractivity contribution is 0.0796. The van der Waals surface area contributed by atoms with Gasteiger partial charge < -0.3 is 10.2 Å². The summed E-state index contributed by atoms with van der Waals surface area (Å²) in [6.45, 7) is 1.29. The molecule has 1 aromatic carbocycles. The van der Waals surface area contributed by atoms with Crippen LogP contribution < -0.4 is 5.32 Å². The van der Waals surface area contributed by atoms with Gasteiger partial charge in [-0.05, 0) is 31.3 Å². The first-order valence-corrected chi connectivity index (χ1v) is 7.67. The molecule has 0 fully saturated rings. The quantitative estimate of drug-likeness (QED) is 0.816. The van der Waals surface area contributed by atoms with Crippen molar-refractivity contribution in [2.24, 2.45) is 0 Å². The molecule has 1 rings (SSSR count). The van der Waals surface area contributed by atoms with Crippen LogP contribution in [0, 0.1) is 0 Å². The minimum absolute atomic E-state index is 0.131. The van der Waals surface area contributed by atoms with Gasteiger partial charge >= 0.3 is 0 Å². The summed E-state index contributed by atoms with van der Waals surface area (Å²) in [7, 11) is 3.02. The Kier molecular flexibility index (Phi) is 5.67. The molecule has 0 radical (unpaired) electrons. The molecule has 1 N–H and O–H groups in total. The smallest absolute Gasteiger partial charge is 0.253 e. The van der Waals surface area contributed by atoms with E-state index in [4.69, 9.17) is 0 Å². The average molecular weight is 299 g/mol. The highest BCUT2D eigenvalue weighted by atomic mass is 32.2. The fourth-order valence-corrected chi connectivity index (χ4v) is 2.48. The monoisotopic (exact) mass is 299 g/mol. The SMILES string of the molecule is CNCCN(C)C(=O)c1ccc(S(=O)(=O)N(C)C)cc1. The van der Waals surface area contributed by atoms with Crippen LogP contribution in [0.15, 0.2) is 29.2 Å². The molecule has 20 heavy (non-hydrogen) atoms. The van der Waals surface area contributed by atoms with Crippen LogP contribution in [0.5, 0.6) is 0 Å². The maximum atomic E-state index is 12.1. The lowest BCUT2D eigenvalue weighted by Crippen LogP contribution is -2.32. The first kappa shape index (κ1) is 16.6. The molecule has 0 saturated heterocycles. The van der Waals surface area contributed by atoms with Gasteiger partial charge in [-0.15, -0.1) is 0 Å². The standard InChI is InChI=1S/C13H21N3O3S/c1-14-9-10-16(4)13(17)11-5-7-12(8-6-11)20(18,19)15(2)3/h5-8,14H,9-10H2,1-4H3. The molecule has 6 nitrogen and oxygen atoms in total. The predicted molar refractivity (Wildman–Crippen MR) is 78.2 cm³/mol. The molecule has 0 aliphatic carbocycles. The summed E-state index contributed by atoms with van der Waals surface area (Å²) in [4.78, 5) is 13.9. The summed E-state index contributed by atoms with van der Waals surface area (Å²) >= 11 is 0. The number of carbonyl (C=O) groups is 1. The Labute approximate surface area is 120 Å². The first-order chi connectivity index (χ1) is 9.30. The van der Waals surface area contributed by atoms with Crippen LogP contribution in [0.1, 0.15) is 10.4 Å². The van der Waals surface area contributed by atoms with Gasteiger partial charge in [-0.2, -0.15) is 0 Å². The van der Waals surface area contributed by atoms with Gasteiger partial charge in [-0.25, -0.2) is 12.7 Å². The number of carbonyl (C=O) groups excluding carboxylic acids is 1. The van der Waals surface area contributed by atoms with E-state index in [0.717, 1.165) is 4.31 Å². The van der Waals surface area contributed by atoms with Crippen LogP contribution >= 0.6 is 0 Å². The lowest BCUT2D eigenvalue weighted by Gasteiger charge is -2.17. The van der Waals surface area contributed by atoms with E-state index in [0.29, 0.717) is 18.7 Å². The number of rotatable bonds is 6. The van der Waals surface area contributed by atoms with E-state index in [1.165, 1.54) is 38.4 Å². The number of nitrogens with zero attached hydrogens (tertiary/aromatic N) is 2. The van der Waals surface area contributed by atoms with Crippen molar-refractivity contribution in [2.45, 2.75) is 4.90 Å². The van der Waals surface area contributed by atoms with E-state index in [1.807, 2.05) is 7.05 Å². The van der Waals surface area contributed by atoms with Crippen LogP contribution in [0.3, 0.4) is 0 Å². The Hall–Kier alpha value is -1.44. The van der Waals surface area contributed by atoms with Crippen molar-refractivity contribution >= 4 is 15.9 Å². The Morgan fingerprint density at radius 1 is 1.15 bits per heavy atom. The number of hydrogen-bond donors (Lipinski definition) is 1. The van der Waals surface area contributed by atoms with Crippen LogP contribution in [0.4, 0.5) is 0 Å². The molecular weight excluding hydrogens is 278 g/mol. The van der Waals surface area contributed by atoms with Crippen molar-refractivity contribution in [3.8, 4) is 0 Å². The van der Waals surface area contributed by atoms with Crippen LogP contribution in [0.2, 0.25) is 0 Å². The molecule has 0 aliphatic heterocycles. The summed E-state index contributed by atoms with van der Waals surface area (Å²) < 4.78 is 25.0. The Morgan fingerprint density at radius 2 is 1.70 bits per heavy atom. The molecule has 0 bridgehead atoms. The van der Waals surface area contributed by atoms with Crippen molar-refractivity contribution in [3.63, 3.8) is 0 Å². The maximum absolute atomic E-state index is 12.1. The molecule has 0 aromatic heterocycles. The fraction of sp³-hybridized carbons (Fsp3) is 0.462. The molecule has 0 atom stereocenters. The van der Waals surface area contributed by atoms with Gasteiger partial charge in [-0.3, -0.25) is 4.79 Å². The molecule has 112 valence electrons. The number of likely N-dealkylation sites (N-methyl/N-ethyl adjacent to an activating group) is 2. The zero-order valence-corrected chi connectivity index (χ0v) is 13.1. The Balaban J connectivity index is 2.89. The van der Waals surface area contributed by atoms with Crippen LogP contribution in [-0.2, 0) is 10.0 Å². The number of hydrogen-bond acceptors (Lipinski definition) is 4. The number of sulfonamides is 1. The zero-order valence-electron chi connectivity index (χ0n) is 12.3. The average Bonchev–Trinajstić information content (AvgIpc) is 2.43. The van der Waals surface area contributed by atoms with Crippen LogP contribution in [-0.4, -0.2) is 64.8 Å². The van der Waals surface area contributed by atoms with E-state index < -0.39 is 10.0 Å².